The summed E-state index contributed by atoms with van der Waals surface area (Å²) in [5, 5.41) is 0.480. The van der Waals surface area contributed by atoms with Gasteiger partial charge in [-0.05, 0) is 18.2 Å². The van der Waals surface area contributed by atoms with Crippen molar-refractivity contribution in [3.05, 3.63) is 28.2 Å². The normalized spacial score (nSPS) is 11.1. The quantitative estimate of drug-likeness (QED) is 0.487. The molecule has 9 heteroatoms. The molecule has 100 valence electrons. The van der Waals surface area contributed by atoms with Gasteiger partial charge in [0.25, 0.3) is 5.91 Å². The van der Waals surface area contributed by atoms with Gasteiger partial charge in [-0.25, -0.2) is 14.3 Å². The second-order valence-electron chi connectivity index (χ2n) is 3.44. The summed E-state index contributed by atoms with van der Waals surface area (Å²) in [6.07, 6.45) is 0.972. The number of nitrogens with one attached hydrogen (secondary N) is 1. The van der Waals surface area contributed by atoms with Crippen LogP contribution in [0, 0.1) is 0 Å². The predicted octanol–water partition coefficient (Wildman–Crippen LogP) is 0.749. The lowest BCUT2D eigenvalue weighted by Crippen LogP contribution is -2.42. The molecule has 18 heavy (non-hydrogen) atoms. The van der Waals surface area contributed by atoms with E-state index in [4.69, 9.17) is 29.0 Å². The molecule has 0 fully saturated rings. The maximum absolute atomic E-state index is 11.6. The Hall–Kier alpha value is -1.02. The summed E-state index contributed by atoms with van der Waals surface area (Å²) in [5.41, 5.74) is 2.09. The number of hydrazine groups is 1. The third-order valence-electron chi connectivity index (χ3n) is 2.04. The van der Waals surface area contributed by atoms with E-state index in [9.17, 15) is 13.2 Å². The summed E-state index contributed by atoms with van der Waals surface area (Å²) >= 11 is 11.5. The van der Waals surface area contributed by atoms with Crippen molar-refractivity contribution in [2.45, 2.75) is 0 Å². The molecule has 0 aliphatic rings. The average Bonchev–Trinajstić information content (AvgIpc) is 2.28. The van der Waals surface area contributed by atoms with Crippen LogP contribution in [-0.4, -0.2) is 27.1 Å². The average molecular weight is 312 g/mol. The van der Waals surface area contributed by atoms with E-state index in [0.717, 1.165) is 10.6 Å². The van der Waals surface area contributed by atoms with Crippen LogP contribution >= 0.6 is 23.2 Å². The molecule has 1 aromatic carbocycles. The molecule has 0 aliphatic heterocycles. The summed E-state index contributed by atoms with van der Waals surface area (Å²) in [7, 11) is -3.64. The van der Waals surface area contributed by atoms with Crippen LogP contribution in [0.15, 0.2) is 18.2 Å². The summed E-state index contributed by atoms with van der Waals surface area (Å²) in [4.78, 5) is 11.2. The Morgan fingerprint density at radius 2 is 2.00 bits per heavy atom. The molecule has 0 heterocycles. The van der Waals surface area contributed by atoms with E-state index < -0.39 is 22.5 Å². The van der Waals surface area contributed by atoms with Gasteiger partial charge in [0.1, 0.15) is 6.54 Å². The van der Waals surface area contributed by atoms with Crippen LogP contribution in [0.1, 0.15) is 0 Å². The number of carbonyl (C=O) groups is 1. The van der Waals surface area contributed by atoms with Gasteiger partial charge in [-0.15, -0.1) is 0 Å². The van der Waals surface area contributed by atoms with E-state index in [1.165, 1.54) is 18.2 Å². The van der Waals surface area contributed by atoms with Crippen LogP contribution in [-0.2, 0) is 14.8 Å². The number of hydrogen-bond donors (Lipinski definition) is 2. The summed E-state index contributed by atoms with van der Waals surface area (Å²) in [6.45, 7) is -0.437. The zero-order valence-corrected chi connectivity index (χ0v) is 11.7. The fourth-order valence-electron chi connectivity index (χ4n) is 1.22. The SMILES string of the molecule is CS(=O)(=O)N(CC(=O)NN)c1ccc(Cl)c(Cl)c1. The number of carbonyl (C=O) groups excluding carboxylic acids is 1. The third kappa shape index (κ3) is 3.74. The van der Waals surface area contributed by atoms with Crippen molar-refractivity contribution in [3.63, 3.8) is 0 Å². The van der Waals surface area contributed by atoms with Gasteiger partial charge in [0, 0.05) is 0 Å². The molecular formula is C9H11Cl2N3O3S. The first-order chi connectivity index (χ1) is 8.25. The lowest BCUT2D eigenvalue weighted by Gasteiger charge is -2.21. The van der Waals surface area contributed by atoms with Gasteiger partial charge in [0.15, 0.2) is 0 Å². The molecular weight excluding hydrogens is 301 g/mol. The van der Waals surface area contributed by atoms with Crippen LogP contribution in [0.5, 0.6) is 0 Å². The number of amides is 1. The predicted molar refractivity (Wildman–Crippen MR) is 71.0 cm³/mol. The number of rotatable bonds is 4. The number of nitrogens with zero attached hydrogens (tertiary/aromatic N) is 1. The zero-order chi connectivity index (χ0) is 13.9. The molecule has 0 unspecified atom stereocenters. The Balaban J connectivity index is 3.18. The molecule has 3 N–H and O–H groups in total. The Morgan fingerprint density at radius 3 is 2.44 bits per heavy atom. The third-order valence-corrected chi connectivity index (χ3v) is 3.92. The highest BCUT2D eigenvalue weighted by Gasteiger charge is 2.21. The zero-order valence-electron chi connectivity index (χ0n) is 9.35. The lowest BCUT2D eigenvalue weighted by atomic mass is 10.3. The Morgan fingerprint density at radius 1 is 1.39 bits per heavy atom. The number of hydrogen-bond acceptors (Lipinski definition) is 4. The van der Waals surface area contributed by atoms with E-state index in [1.54, 1.807) is 0 Å². The first-order valence-corrected chi connectivity index (χ1v) is 7.28. The van der Waals surface area contributed by atoms with Crippen molar-refractivity contribution in [1.82, 2.24) is 5.43 Å². The molecule has 1 aromatic rings. The van der Waals surface area contributed by atoms with Crippen LogP contribution in [0.4, 0.5) is 5.69 Å². The lowest BCUT2D eigenvalue weighted by molar-refractivity contribution is -0.119. The monoisotopic (exact) mass is 311 g/mol. The Kier molecular flexibility index (Phi) is 4.80. The van der Waals surface area contributed by atoms with Crippen molar-refractivity contribution in [1.29, 1.82) is 0 Å². The fourth-order valence-corrected chi connectivity index (χ4v) is 2.36. The number of anilines is 1. The maximum atomic E-state index is 11.6. The van der Waals surface area contributed by atoms with Gasteiger partial charge in [-0.2, -0.15) is 0 Å². The minimum absolute atomic E-state index is 0.191. The number of halogens is 2. The van der Waals surface area contributed by atoms with Crippen molar-refractivity contribution < 1.29 is 13.2 Å². The van der Waals surface area contributed by atoms with Gasteiger partial charge in [0.2, 0.25) is 10.0 Å². The number of sulfonamides is 1. The Bertz CT molecular complexity index is 562. The summed E-state index contributed by atoms with van der Waals surface area (Å²) in [6, 6.07) is 4.24. The molecule has 0 atom stereocenters. The van der Waals surface area contributed by atoms with Gasteiger partial charge < -0.3 is 0 Å². The van der Waals surface area contributed by atoms with Crippen LogP contribution in [0.25, 0.3) is 0 Å². The minimum Gasteiger partial charge on any atom is -0.293 e. The highest BCUT2D eigenvalue weighted by molar-refractivity contribution is 7.92. The van der Waals surface area contributed by atoms with E-state index in [0.29, 0.717) is 0 Å². The standard InChI is InChI=1S/C9H11Cl2N3O3S/c1-18(16,17)14(5-9(15)13-12)6-2-3-7(10)8(11)4-6/h2-4H,5,12H2,1H3,(H,13,15). The molecule has 1 rings (SSSR count). The first-order valence-electron chi connectivity index (χ1n) is 4.68. The smallest absolute Gasteiger partial charge is 0.254 e. The van der Waals surface area contributed by atoms with E-state index in [1.807, 2.05) is 5.43 Å². The molecule has 0 saturated carbocycles. The van der Waals surface area contributed by atoms with Crippen LogP contribution < -0.4 is 15.6 Å². The molecule has 6 nitrogen and oxygen atoms in total. The molecule has 0 aromatic heterocycles. The van der Waals surface area contributed by atoms with Crippen molar-refractivity contribution in [3.8, 4) is 0 Å². The summed E-state index contributed by atoms with van der Waals surface area (Å²) < 4.78 is 24.1. The van der Waals surface area contributed by atoms with Gasteiger partial charge in [-0.1, -0.05) is 23.2 Å². The van der Waals surface area contributed by atoms with Crippen molar-refractivity contribution in [2.75, 3.05) is 17.1 Å². The van der Waals surface area contributed by atoms with Crippen molar-refractivity contribution in [2.24, 2.45) is 5.84 Å². The summed E-state index contributed by atoms with van der Waals surface area (Å²) in [5.74, 6) is 4.28. The number of nitrogens with two attached hydrogens (primary N) is 1. The largest absolute Gasteiger partial charge is 0.293 e. The highest BCUT2D eigenvalue weighted by atomic mass is 35.5. The van der Waals surface area contributed by atoms with Crippen LogP contribution in [0.2, 0.25) is 10.0 Å². The maximum Gasteiger partial charge on any atom is 0.254 e. The Labute approximate surface area is 115 Å². The topological polar surface area (TPSA) is 92.5 Å². The molecule has 0 saturated heterocycles. The van der Waals surface area contributed by atoms with E-state index >= 15 is 0 Å². The fraction of sp³-hybridized carbons (Fsp3) is 0.222. The minimum atomic E-state index is -3.64. The first kappa shape index (κ1) is 15.0. The number of benzene rings is 1. The molecule has 0 radical (unpaired) electrons. The van der Waals surface area contributed by atoms with Gasteiger partial charge in [0.05, 0.1) is 22.0 Å². The second-order valence-corrected chi connectivity index (χ2v) is 6.16. The van der Waals surface area contributed by atoms with Crippen molar-refractivity contribution >= 4 is 44.8 Å². The van der Waals surface area contributed by atoms with Gasteiger partial charge in [-0.3, -0.25) is 14.5 Å². The molecule has 0 bridgehead atoms. The molecule has 0 aliphatic carbocycles. The van der Waals surface area contributed by atoms with Crippen LogP contribution in [0.3, 0.4) is 0 Å². The van der Waals surface area contributed by atoms with Gasteiger partial charge >= 0.3 is 0 Å². The molecule has 1 amide bonds. The second kappa shape index (κ2) is 5.75. The van der Waals surface area contributed by atoms with E-state index in [-0.39, 0.29) is 15.7 Å². The highest BCUT2D eigenvalue weighted by Crippen LogP contribution is 2.28. The van der Waals surface area contributed by atoms with E-state index in [2.05, 4.69) is 0 Å². The molecule has 0 spiro atoms.